The number of benzene rings is 2. The van der Waals surface area contributed by atoms with Crippen LogP contribution < -0.4 is 10.1 Å². The zero-order chi connectivity index (χ0) is 16.7. The van der Waals surface area contributed by atoms with Gasteiger partial charge in [0.1, 0.15) is 18.4 Å². The number of hydrogen-bond donors (Lipinski definition) is 1. The summed E-state index contributed by atoms with van der Waals surface area (Å²) in [5.74, 6) is 0.491. The molecule has 2 aromatic rings. The molecule has 0 heterocycles. The topological polar surface area (TPSA) is 71.3 Å². The molecule has 0 aliphatic carbocycles. The van der Waals surface area contributed by atoms with Crippen LogP contribution in [-0.2, 0) is 11.3 Å². The van der Waals surface area contributed by atoms with Crippen LogP contribution in [0.15, 0.2) is 48.5 Å². The molecule has 0 saturated carbocycles. The molecule has 0 spiro atoms. The Kier molecular flexibility index (Phi) is 5.59. The summed E-state index contributed by atoms with van der Waals surface area (Å²) in [6.07, 6.45) is -0.605. The minimum atomic E-state index is -0.574. The molecule has 0 radical (unpaired) electrons. The van der Waals surface area contributed by atoms with Crippen molar-refractivity contribution in [2.45, 2.75) is 26.6 Å². The zero-order valence-electron chi connectivity index (χ0n) is 13.1. The maximum absolute atomic E-state index is 11.8. The summed E-state index contributed by atoms with van der Waals surface area (Å²) in [5.41, 5.74) is 1.75. The van der Waals surface area contributed by atoms with Crippen LogP contribution in [0.4, 0.5) is 10.5 Å². The molecule has 1 amide bonds. The highest BCUT2D eigenvalue weighted by Gasteiger charge is 2.09. The van der Waals surface area contributed by atoms with Crippen LogP contribution in [0.2, 0.25) is 0 Å². The number of anilines is 1. The largest absolute Gasteiger partial charge is 0.490 e. The number of nitrogens with one attached hydrogen (secondary N) is 1. The fourth-order valence-corrected chi connectivity index (χ4v) is 1.93. The summed E-state index contributed by atoms with van der Waals surface area (Å²) in [7, 11) is 0. The first kappa shape index (κ1) is 16.4. The molecule has 5 nitrogen and oxygen atoms in total. The average molecular weight is 310 g/mol. The molecule has 0 aliphatic rings. The molecule has 0 fully saturated rings. The fraction of sp³-hybridized carbons (Fsp3) is 0.222. The Balaban J connectivity index is 1.97. The first-order valence-electron chi connectivity index (χ1n) is 7.27. The summed E-state index contributed by atoms with van der Waals surface area (Å²) >= 11 is 0. The van der Waals surface area contributed by atoms with Gasteiger partial charge in [0.2, 0.25) is 0 Å². The molecule has 0 saturated heterocycles. The second-order valence-corrected chi connectivity index (χ2v) is 5.18. The third kappa shape index (κ3) is 5.04. The molecule has 1 N–H and O–H groups in total. The van der Waals surface area contributed by atoms with Gasteiger partial charge in [-0.05, 0) is 37.6 Å². The SMILES string of the molecule is CC(C)Oc1ccc(NC(=O)OCc2ccccc2)cc1C#N. The number of hydrogen-bond acceptors (Lipinski definition) is 4. The molecule has 2 aromatic carbocycles. The maximum atomic E-state index is 11.8. The maximum Gasteiger partial charge on any atom is 0.411 e. The smallest absolute Gasteiger partial charge is 0.411 e. The Hall–Kier alpha value is -3.00. The van der Waals surface area contributed by atoms with Crippen molar-refractivity contribution in [3.63, 3.8) is 0 Å². The van der Waals surface area contributed by atoms with Crippen LogP contribution in [0, 0.1) is 11.3 Å². The molecule has 0 bridgehead atoms. The lowest BCUT2D eigenvalue weighted by atomic mass is 10.2. The van der Waals surface area contributed by atoms with Crippen LogP contribution in [-0.4, -0.2) is 12.2 Å². The summed E-state index contributed by atoms with van der Waals surface area (Å²) in [5, 5.41) is 11.8. The summed E-state index contributed by atoms with van der Waals surface area (Å²) in [6, 6.07) is 16.3. The van der Waals surface area contributed by atoms with E-state index < -0.39 is 6.09 Å². The lowest BCUT2D eigenvalue weighted by Crippen LogP contribution is -2.14. The van der Waals surface area contributed by atoms with E-state index in [0.29, 0.717) is 17.0 Å². The van der Waals surface area contributed by atoms with E-state index in [-0.39, 0.29) is 12.7 Å². The number of amides is 1. The van der Waals surface area contributed by atoms with Gasteiger partial charge in [-0.1, -0.05) is 30.3 Å². The van der Waals surface area contributed by atoms with Crippen LogP contribution >= 0.6 is 0 Å². The predicted octanol–water partition coefficient (Wildman–Crippen LogP) is 4.09. The van der Waals surface area contributed by atoms with Gasteiger partial charge < -0.3 is 9.47 Å². The highest BCUT2D eigenvalue weighted by Crippen LogP contribution is 2.23. The molecule has 0 aromatic heterocycles. The van der Waals surface area contributed by atoms with E-state index in [1.165, 1.54) is 0 Å². The van der Waals surface area contributed by atoms with Crippen molar-refractivity contribution < 1.29 is 14.3 Å². The fourth-order valence-electron chi connectivity index (χ4n) is 1.93. The van der Waals surface area contributed by atoms with Crippen molar-refractivity contribution in [3.05, 3.63) is 59.7 Å². The Morgan fingerprint density at radius 3 is 2.61 bits per heavy atom. The summed E-state index contributed by atoms with van der Waals surface area (Å²) in [6.45, 7) is 3.95. The molecular formula is C18H18N2O3. The molecule has 0 aliphatic heterocycles. The average Bonchev–Trinajstić information content (AvgIpc) is 2.55. The standard InChI is InChI=1S/C18H18N2O3/c1-13(2)23-17-9-8-16(10-15(17)11-19)20-18(21)22-12-14-6-4-3-5-7-14/h3-10,13H,12H2,1-2H3,(H,20,21). The van der Waals surface area contributed by atoms with Gasteiger partial charge in [0, 0.05) is 5.69 Å². The Labute approximate surface area is 135 Å². The van der Waals surface area contributed by atoms with E-state index >= 15 is 0 Å². The number of ether oxygens (including phenoxy) is 2. The highest BCUT2D eigenvalue weighted by atomic mass is 16.5. The quantitative estimate of drug-likeness (QED) is 0.902. The van der Waals surface area contributed by atoms with Crippen LogP contribution in [0.3, 0.4) is 0 Å². The summed E-state index contributed by atoms with van der Waals surface area (Å²) in [4.78, 5) is 11.8. The third-order valence-corrected chi connectivity index (χ3v) is 2.92. The minimum Gasteiger partial charge on any atom is -0.490 e. The van der Waals surface area contributed by atoms with Crippen LogP contribution in [0.25, 0.3) is 0 Å². The van der Waals surface area contributed by atoms with Gasteiger partial charge in [0.05, 0.1) is 11.7 Å². The van der Waals surface area contributed by atoms with Crippen molar-refractivity contribution in [1.82, 2.24) is 0 Å². The normalized spacial score (nSPS) is 10.0. The molecule has 23 heavy (non-hydrogen) atoms. The van der Waals surface area contributed by atoms with Gasteiger partial charge in [0.15, 0.2) is 0 Å². The van der Waals surface area contributed by atoms with Crippen molar-refractivity contribution in [2.24, 2.45) is 0 Å². The van der Waals surface area contributed by atoms with Crippen molar-refractivity contribution >= 4 is 11.8 Å². The van der Waals surface area contributed by atoms with E-state index in [2.05, 4.69) is 11.4 Å². The van der Waals surface area contributed by atoms with E-state index in [4.69, 9.17) is 14.7 Å². The highest BCUT2D eigenvalue weighted by molar-refractivity contribution is 5.85. The lowest BCUT2D eigenvalue weighted by Gasteiger charge is -2.12. The van der Waals surface area contributed by atoms with Gasteiger partial charge in [-0.15, -0.1) is 0 Å². The number of nitriles is 1. The number of carbonyl (C=O) groups is 1. The van der Waals surface area contributed by atoms with Gasteiger partial charge in [-0.3, -0.25) is 5.32 Å². The van der Waals surface area contributed by atoms with Crippen molar-refractivity contribution in [2.75, 3.05) is 5.32 Å². The monoisotopic (exact) mass is 310 g/mol. The lowest BCUT2D eigenvalue weighted by molar-refractivity contribution is 0.155. The molecule has 118 valence electrons. The molecule has 5 heteroatoms. The predicted molar refractivity (Wildman–Crippen MR) is 87.2 cm³/mol. The van der Waals surface area contributed by atoms with E-state index in [1.54, 1.807) is 18.2 Å². The van der Waals surface area contributed by atoms with Gasteiger partial charge in [-0.25, -0.2) is 4.79 Å². The van der Waals surface area contributed by atoms with Gasteiger partial charge >= 0.3 is 6.09 Å². The van der Waals surface area contributed by atoms with Crippen molar-refractivity contribution in [1.29, 1.82) is 5.26 Å². The van der Waals surface area contributed by atoms with Crippen molar-refractivity contribution in [3.8, 4) is 11.8 Å². The number of rotatable bonds is 5. The second-order valence-electron chi connectivity index (χ2n) is 5.18. The minimum absolute atomic E-state index is 0.0308. The molecular weight excluding hydrogens is 292 g/mol. The third-order valence-electron chi connectivity index (χ3n) is 2.92. The van der Waals surface area contributed by atoms with E-state index in [1.807, 2.05) is 44.2 Å². The van der Waals surface area contributed by atoms with E-state index in [0.717, 1.165) is 5.56 Å². The first-order valence-corrected chi connectivity index (χ1v) is 7.27. The second kappa shape index (κ2) is 7.85. The Morgan fingerprint density at radius 1 is 1.22 bits per heavy atom. The van der Waals surface area contributed by atoms with Gasteiger partial charge in [0.25, 0.3) is 0 Å². The molecule has 0 unspecified atom stereocenters. The Morgan fingerprint density at radius 2 is 1.96 bits per heavy atom. The Bertz CT molecular complexity index is 706. The first-order chi connectivity index (χ1) is 11.1. The molecule has 2 rings (SSSR count). The van der Waals surface area contributed by atoms with E-state index in [9.17, 15) is 4.79 Å². The number of nitrogens with zero attached hydrogens (tertiary/aromatic N) is 1. The number of carbonyl (C=O) groups excluding carboxylic acids is 1. The molecule has 0 atom stereocenters. The van der Waals surface area contributed by atoms with Crippen LogP contribution in [0.1, 0.15) is 25.0 Å². The zero-order valence-corrected chi connectivity index (χ0v) is 13.1. The van der Waals surface area contributed by atoms with Gasteiger partial charge in [-0.2, -0.15) is 5.26 Å². The van der Waals surface area contributed by atoms with Crippen LogP contribution in [0.5, 0.6) is 5.75 Å². The summed E-state index contributed by atoms with van der Waals surface area (Å²) < 4.78 is 10.7.